The normalized spacial score (nSPS) is 18.1. The van der Waals surface area contributed by atoms with Crippen LogP contribution in [0.3, 0.4) is 0 Å². The van der Waals surface area contributed by atoms with Gasteiger partial charge in [-0.25, -0.2) is 8.78 Å². The molecule has 2 aromatic rings. The molecule has 5 nitrogen and oxygen atoms in total. The molecule has 1 aromatic heterocycles. The van der Waals surface area contributed by atoms with Crippen molar-refractivity contribution in [3.63, 3.8) is 0 Å². The summed E-state index contributed by atoms with van der Waals surface area (Å²) in [6.45, 7) is 3.07. The van der Waals surface area contributed by atoms with Gasteiger partial charge in [0, 0.05) is 0 Å². The summed E-state index contributed by atoms with van der Waals surface area (Å²) in [7, 11) is 0. The number of nitrogens with zero attached hydrogens (tertiary/aromatic N) is 3. The van der Waals surface area contributed by atoms with Crippen LogP contribution in [0.1, 0.15) is 48.1 Å². The first-order chi connectivity index (χ1) is 10.4. The monoisotopic (exact) mass is 305 g/mol. The molecule has 0 aliphatic heterocycles. The molecule has 1 aromatic carbocycles. The maximum Gasteiger partial charge on any atom is 0.228 e. The number of nitrogens with two attached hydrogens (primary N) is 1. The molecule has 22 heavy (non-hydrogen) atoms. The van der Waals surface area contributed by atoms with Crippen LogP contribution in [0.5, 0.6) is 0 Å². The maximum atomic E-state index is 13.6. The number of nitrogens with one attached hydrogen (secondary N) is 1. The molecule has 0 amide bonds. The van der Waals surface area contributed by atoms with Gasteiger partial charge in [0.2, 0.25) is 11.9 Å². The Morgan fingerprint density at radius 3 is 2.82 bits per heavy atom. The second kappa shape index (κ2) is 5.47. The van der Waals surface area contributed by atoms with E-state index in [1.807, 2.05) is 6.07 Å². The van der Waals surface area contributed by atoms with Crippen LogP contribution in [0.25, 0.3) is 0 Å². The van der Waals surface area contributed by atoms with Crippen LogP contribution >= 0.6 is 0 Å². The van der Waals surface area contributed by atoms with Crippen LogP contribution < -0.4 is 11.1 Å². The summed E-state index contributed by atoms with van der Waals surface area (Å²) < 4.78 is 27.0. The van der Waals surface area contributed by atoms with Gasteiger partial charge in [-0.3, -0.25) is 0 Å². The molecule has 0 saturated carbocycles. The Hall–Kier alpha value is -2.31. The van der Waals surface area contributed by atoms with Crippen molar-refractivity contribution in [3.8, 4) is 0 Å². The zero-order chi connectivity index (χ0) is 15.9. The number of hydrogen-bond acceptors (Lipinski definition) is 5. The van der Waals surface area contributed by atoms with E-state index in [0.29, 0.717) is 5.56 Å². The Labute approximate surface area is 127 Å². The van der Waals surface area contributed by atoms with Gasteiger partial charge < -0.3 is 11.1 Å². The standard InChI is InChI=1S/C15H17F2N5/c1-7-5-10-9(6-11(7)17)3-4-12(10)19-15-21-13(8(2)16)20-14(18)22-15/h5-6,8,12H,3-4H2,1-2H3,(H3,18,19,20,21,22). The molecule has 0 spiro atoms. The van der Waals surface area contributed by atoms with Crippen molar-refractivity contribution in [3.05, 3.63) is 40.5 Å². The van der Waals surface area contributed by atoms with Gasteiger partial charge in [-0.05, 0) is 49.4 Å². The molecule has 1 heterocycles. The van der Waals surface area contributed by atoms with Crippen LogP contribution in [0.4, 0.5) is 20.7 Å². The molecule has 0 fully saturated rings. The smallest absolute Gasteiger partial charge is 0.228 e. The summed E-state index contributed by atoms with van der Waals surface area (Å²) in [6.07, 6.45) is 0.250. The Morgan fingerprint density at radius 2 is 2.09 bits per heavy atom. The number of anilines is 2. The van der Waals surface area contributed by atoms with Gasteiger partial charge in [0.25, 0.3) is 0 Å². The predicted octanol–water partition coefficient (Wildman–Crippen LogP) is 3.03. The van der Waals surface area contributed by atoms with Crippen LogP contribution in [0.2, 0.25) is 0 Å². The van der Waals surface area contributed by atoms with Gasteiger partial charge in [-0.15, -0.1) is 0 Å². The minimum absolute atomic E-state index is 0.00325. The third-order valence-corrected chi connectivity index (χ3v) is 3.83. The summed E-state index contributed by atoms with van der Waals surface area (Å²) in [6, 6.07) is 3.36. The minimum atomic E-state index is -1.32. The molecule has 3 N–H and O–H groups in total. The Balaban J connectivity index is 1.89. The molecule has 0 radical (unpaired) electrons. The van der Waals surface area contributed by atoms with E-state index >= 15 is 0 Å². The Kier molecular flexibility index (Phi) is 3.64. The summed E-state index contributed by atoms with van der Waals surface area (Å²) in [5.41, 5.74) is 8.18. The molecule has 7 heteroatoms. The number of hydrogen-bond donors (Lipinski definition) is 2. The van der Waals surface area contributed by atoms with Gasteiger partial charge in [0.15, 0.2) is 12.0 Å². The molecule has 1 aliphatic rings. The fourth-order valence-electron chi connectivity index (χ4n) is 2.70. The Morgan fingerprint density at radius 1 is 1.32 bits per heavy atom. The summed E-state index contributed by atoms with van der Waals surface area (Å²) >= 11 is 0. The number of nitrogen functional groups attached to an aromatic ring is 1. The topological polar surface area (TPSA) is 76.7 Å². The van der Waals surface area contributed by atoms with E-state index in [9.17, 15) is 8.78 Å². The molecule has 0 bridgehead atoms. The highest BCUT2D eigenvalue weighted by Gasteiger charge is 2.25. The minimum Gasteiger partial charge on any atom is -0.368 e. The average Bonchev–Trinajstić information content (AvgIpc) is 2.81. The molecular weight excluding hydrogens is 288 g/mol. The highest BCUT2D eigenvalue weighted by molar-refractivity contribution is 5.44. The van der Waals surface area contributed by atoms with Crippen LogP contribution in [0.15, 0.2) is 12.1 Å². The van der Waals surface area contributed by atoms with Crippen molar-refractivity contribution in [1.82, 2.24) is 15.0 Å². The average molecular weight is 305 g/mol. The number of aryl methyl sites for hydroxylation is 2. The lowest BCUT2D eigenvalue weighted by Crippen LogP contribution is -2.14. The number of benzene rings is 1. The van der Waals surface area contributed by atoms with E-state index in [2.05, 4.69) is 20.3 Å². The lowest BCUT2D eigenvalue weighted by Gasteiger charge is -2.15. The predicted molar refractivity (Wildman–Crippen MR) is 79.6 cm³/mol. The second-order valence-electron chi connectivity index (χ2n) is 5.53. The van der Waals surface area contributed by atoms with Gasteiger partial charge >= 0.3 is 0 Å². The van der Waals surface area contributed by atoms with Crippen molar-refractivity contribution in [1.29, 1.82) is 0 Å². The van der Waals surface area contributed by atoms with E-state index in [0.717, 1.165) is 24.0 Å². The summed E-state index contributed by atoms with van der Waals surface area (Å²) in [4.78, 5) is 11.8. The van der Waals surface area contributed by atoms with Crippen molar-refractivity contribution in [2.45, 2.75) is 38.9 Å². The summed E-state index contributed by atoms with van der Waals surface area (Å²) in [5, 5.41) is 3.15. The first kappa shape index (κ1) is 14.6. The number of alkyl halides is 1. The lowest BCUT2D eigenvalue weighted by molar-refractivity contribution is 0.356. The lowest BCUT2D eigenvalue weighted by atomic mass is 10.0. The summed E-state index contributed by atoms with van der Waals surface area (Å²) in [5.74, 6) is 0.0261. The fourth-order valence-corrected chi connectivity index (χ4v) is 2.70. The third kappa shape index (κ3) is 2.70. The number of halogens is 2. The zero-order valence-corrected chi connectivity index (χ0v) is 12.4. The molecule has 2 unspecified atom stereocenters. The van der Waals surface area contributed by atoms with E-state index in [-0.39, 0.29) is 29.6 Å². The molecular formula is C15H17F2N5. The zero-order valence-electron chi connectivity index (χ0n) is 12.4. The molecule has 0 saturated heterocycles. The van der Waals surface area contributed by atoms with Crippen molar-refractivity contribution < 1.29 is 8.78 Å². The SMILES string of the molecule is Cc1cc2c(cc1F)CCC2Nc1nc(N)nc(C(C)F)n1. The van der Waals surface area contributed by atoms with E-state index in [1.54, 1.807) is 13.0 Å². The maximum absolute atomic E-state index is 13.6. The fraction of sp³-hybridized carbons (Fsp3) is 0.400. The van der Waals surface area contributed by atoms with Crippen molar-refractivity contribution in [2.24, 2.45) is 0 Å². The van der Waals surface area contributed by atoms with Crippen molar-refractivity contribution in [2.75, 3.05) is 11.1 Å². The first-order valence-electron chi connectivity index (χ1n) is 7.15. The number of rotatable bonds is 3. The van der Waals surface area contributed by atoms with Gasteiger partial charge in [0.05, 0.1) is 6.04 Å². The Bertz CT molecular complexity index is 717. The number of fused-ring (bicyclic) bond motifs is 1. The van der Waals surface area contributed by atoms with E-state index in [4.69, 9.17) is 5.73 Å². The van der Waals surface area contributed by atoms with Crippen LogP contribution in [0, 0.1) is 12.7 Å². The van der Waals surface area contributed by atoms with Gasteiger partial charge in [-0.2, -0.15) is 15.0 Å². The third-order valence-electron chi connectivity index (χ3n) is 3.83. The quantitative estimate of drug-likeness (QED) is 0.911. The van der Waals surface area contributed by atoms with E-state index in [1.165, 1.54) is 6.92 Å². The largest absolute Gasteiger partial charge is 0.368 e. The van der Waals surface area contributed by atoms with Gasteiger partial charge in [0.1, 0.15) is 5.82 Å². The highest BCUT2D eigenvalue weighted by Crippen LogP contribution is 2.34. The van der Waals surface area contributed by atoms with Crippen molar-refractivity contribution >= 4 is 11.9 Å². The van der Waals surface area contributed by atoms with E-state index < -0.39 is 6.17 Å². The van der Waals surface area contributed by atoms with Crippen LogP contribution in [-0.4, -0.2) is 15.0 Å². The molecule has 116 valence electrons. The molecule has 3 rings (SSSR count). The van der Waals surface area contributed by atoms with Crippen LogP contribution in [-0.2, 0) is 6.42 Å². The second-order valence-corrected chi connectivity index (χ2v) is 5.53. The van der Waals surface area contributed by atoms with Gasteiger partial charge in [-0.1, -0.05) is 6.07 Å². The highest BCUT2D eigenvalue weighted by atomic mass is 19.1. The number of aromatic nitrogens is 3. The molecule has 1 aliphatic carbocycles. The first-order valence-corrected chi connectivity index (χ1v) is 7.15. The molecule has 2 atom stereocenters.